The van der Waals surface area contributed by atoms with Crippen molar-refractivity contribution in [1.82, 2.24) is 19.9 Å². The molecule has 4 heterocycles. The van der Waals surface area contributed by atoms with Gasteiger partial charge < -0.3 is 14.5 Å². The zero-order valence-corrected chi connectivity index (χ0v) is 16.6. The van der Waals surface area contributed by atoms with Crippen molar-refractivity contribution in [2.75, 3.05) is 31.6 Å². The molecule has 7 heteroatoms. The minimum absolute atomic E-state index is 0.0829. The molecule has 0 saturated carbocycles. The molecule has 0 unspecified atom stereocenters. The van der Waals surface area contributed by atoms with E-state index in [1.54, 1.807) is 0 Å². The fourth-order valence-electron chi connectivity index (χ4n) is 4.40. The number of rotatable bonds is 4. The molecule has 0 amide bonds. The highest BCUT2D eigenvalue weighted by Crippen LogP contribution is 2.28. The average Bonchev–Trinajstić information content (AvgIpc) is 3.16. The highest BCUT2D eigenvalue weighted by Gasteiger charge is 2.25. The Kier molecular flexibility index (Phi) is 4.67. The maximum absolute atomic E-state index is 12.6. The monoisotopic (exact) mass is 391 g/mol. The Morgan fingerprint density at radius 1 is 1.24 bits per heavy atom. The number of likely N-dealkylation sites (N-methyl/N-ethyl adjacent to an activating group) is 1. The molecule has 1 fully saturated rings. The van der Waals surface area contributed by atoms with Gasteiger partial charge in [-0.1, -0.05) is 18.2 Å². The van der Waals surface area contributed by atoms with Crippen LogP contribution in [0.4, 0.5) is 5.69 Å². The predicted octanol–water partition coefficient (Wildman–Crippen LogP) is 2.35. The summed E-state index contributed by atoms with van der Waals surface area (Å²) in [5.41, 5.74) is 3.53. The van der Waals surface area contributed by atoms with Crippen LogP contribution in [-0.4, -0.2) is 52.6 Å². The molecule has 1 atom stereocenters. The number of anilines is 1. The number of hydrogen-bond acceptors (Lipinski definition) is 6. The van der Waals surface area contributed by atoms with Gasteiger partial charge in [-0.15, -0.1) is 0 Å². The van der Waals surface area contributed by atoms with Crippen molar-refractivity contribution in [2.24, 2.45) is 0 Å². The van der Waals surface area contributed by atoms with Crippen LogP contribution in [0.2, 0.25) is 0 Å². The Hall–Kier alpha value is -2.93. The SMILES string of the molecule is CN1CCC[C@H]1COc1nc2c(c(=O)[nH]1)CCN(c1cccc3cccnc13)C2. The van der Waals surface area contributed by atoms with E-state index in [4.69, 9.17) is 4.74 Å². The molecule has 1 N–H and O–H groups in total. The molecular weight excluding hydrogens is 366 g/mol. The van der Waals surface area contributed by atoms with E-state index >= 15 is 0 Å². The van der Waals surface area contributed by atoms with E-state index in [9.17, 15) is 4.79 Å². The van der Waals surface area contributed by atoms with Crippen molar-refractivity contribution in [3.8, 4) is 6.01 Å². The number of hydrogen-bond donors (Lipinski definition) is 1. The van der Waals surface area contributed by atoms with Crippen molar-refractivity contribution < 1.29 is 4.74 Å². The largest absolute Gasteiger partial charge is 0.463 e. The van der Waals surface area contributed by atoms with Gasteiger partial charge in [0.05, 0.1) is 23.4 Å². The molecule has 2 aromatic heterocycles. The van der Waals surface area contributed by atoms with Crippen molar-refractivity contribution in [2.45, 2.75) is 31.8 Å². The van der Waals surface area contributed by atoms with Crippen LogP contribution in [0, 0.1) is 0 Å². The van der Waals surface area contributed by atoms with Gasteiger partial charge in [0.15, 0.2) is 0 Å². The van der Waals surface area contributed by atoms with E-state index in [-0.39, 0.29) is 5.56 Å². The van der Waals surface area contributed by atoms with Gasteiger partial charge in [-0.05, 0) is 45.0 Å². The number of nitrogens with one attached hydrogen (secondary N) is 1. The van der Waals surface area contributed by atoms with Gasteiger partial charge in [0, 0.05) is 29.7 Å². The van der Waals surface area contributed by atoms with Gasteiger partial charge >= 0.3 is 0 Å². The van der Waals surface area contributed by atoms with Gasteiger partial charge in [0.2, 0.25) is 0 Å². The molecule has 3 aromatic rings. The molecule has 0 radical (unpaired) electrons. The van der Waals surface area contributed by atoms with Gasteiger partial charge in [-0.2, -0.15) is 4.98 Å². The molecule has 1 saturated heterocycles. The second kappa shape index (κ2) is 7.48. The lowest BCUT2D eigenvalue weighted by atomic mass is 10.0. The predicted molar refractivity (Wildman–Crippen MR) is 113 cm³/mol. The first-order chi connectivity index (χ1) is 14.2. The summed E-state index contributed by atoms with van der Waals surface area (Å²) in [6.45, 7) is 2.99. The van der Waals surface area contributed by atoms with Gasteiger partial charge in [-0.25, -0.2) is 0 Å². The molecule has 5 rings (SSSR count). The number of para-hydroxylation sites is 1. The summed E-state index contributed by atoms with van der Waals surface area (Å²) in [6.07, 6.45) is 4.78. The number of pyridine rings is 1. The lowest BCUT2D eigenvalue weighted by Gasteiger charge is -2.30. The molecule has 7 nitrogen and oxygen atoms in total. The maximum Gasteiger partial charge on any atom is 0.296 e. The third kappa shape index (κ3) is 3.46. The molecule has 1 aromatic carbocycles. The average molecular weight is 391 g/mol. The number of benzene rings is 1. The standard InChI is InChI=1S/C22H25N5O2/c1-26-11-4-7-16(26)14-29-22-24-18-13-27(12-9-17(18)21(28)25-22)19-8-2-5-15-6-3-10-23-20(15)19/h2-3,5-6,8,10,16H,4,7,9,11-14H2,1H3,(H,24,25,28)/t16-/m0/s1. The van der Waals surface area contributed by atoms with Crippen LogP contribution in [0.5, 0.6) is 6.01 Å². The Morgan fingerprint density at radius 3 is 3.00 bits per heavy atom. The van der Waals surface area contributed by atoms with Crippen LogP contribution in [0.25, 0.3) is 10.9 Å². The smallest absolute Gasteiger partial charge is 0.296 e. The zero-order valence-electron chi connectivity index (χ0n) is 16.6. The first kappa shape index (κ1) is 18.1. The van der Waals surface area contributed by atoms with Crippen molar-refractivity contribution >= 4 is 16.6 Å². The fourth-order valence-corrected chi connectivity index (χ4v) is 4.40. The third-order valence-corrected chi connectivity index (χ3v) is 6.09. The highest BCUT2D eigenvalue weighted by atomic mass is 16.5. The van der Waals surface area contributed by atoms with Crippen LogP contribution in [0.1, 0.15) is 24.1 Å². The summed E-state index contributed by atoms with van der Waals surface area (Å²) in [4.78, 5) is 29.2. The molecule has 150 valence electrons. The van der Waals surface area contributed by atoms with Crippen LogP contribution in [0.3, 0.4) is 0 Å². The van der Waals surface area contributed by atoms with Gasteiger partial charge in [0.25, 0.3) is 11.6 Å². The van der Waals surface area contributed by atoms with E-state index in [2.05, 4.69) is 50.0 Å². The zero-order chi connectivity index (χ0) is 19.8. The van der Waals surface area contributed by atoms with Crippen LogP contribution in [0.15, 0.2) is 41.3 Å². The summed E-state index contributed by atoms with van der Waals surface area (Å²) in [7, 11) is 2.11. The number of likely N-dealkylation sites (tertiary alicyclic amines) is 1. The third-order valence-electron chi connectivity index (χ3n) is 6.09. The van der Waals surface area contributed by atoms with E-state index in [0.29, 0.717) is 31.6 Å². The summed E-state index contributed by atoms with van der Waals surface area (Å²) >= 11 is 0. The quantitative estimate of drug-likeness (QED) is 0.736. The molecule has 29 heavy (non-hydrogen) atoms. The Balaban J connectivity index is 1.40. The molecule has 0 spiro atoms. The number of ether oxygens (including phenoxy) is 1. The first-order valence-corrected chi connectivity index (χ1v) is 10.2. The van der Waals surface area contributed by atoms with E-state index in [0.717, 1.165) is 47.4 Å². The highest BCUT2D eigenvalue weighted by molar-refractivity contribution is 5.90. The number of aromatic amines is 1. The normalized spacial score (nSPS) is 19.5. The summed E-state index contributed by atoms with van der Waals surface area (Å²) in [5, 5.41) is 1.11. The van der Waals surface area contributed by atoms with E-state index < -0.39 is 0 Å². The minimum Gasteiger partial charge on any atom is -0.463 e. The van der Waals surface area contributed by atoms with Gasteiger partial charge in [0.1, 0.15) is 6.61 Å². The van der Waals surface area contributed by atoms with Crippen molar-refractivity contribution in [3.05, 3.63) is 58.1 Å². The first-order valence-electron chi connectivity index (χ1n) is 10.2. The van der Waals surface area contributed by atoms with Crippen LogP contribution < -0.4 is 15.2 Å². The molecule has 2 aliphatic rings. The summed E-state index contributed by atoms with van der Waals surface area (Å²) < 4.78 is 5.88. The van der Waals surface area contributed by atoms with Crippen LogP contribution >= 0.6 is 0 Å². The number of H-pyrrole nitrogens is 1. The Morgan fingerprint density at radius 2 is 2.14 bits per heavy atom. The van der Waals surface area contributed by atoms with E-state index in [1.807, 2.05) is 18.3 Å². The summed E-state index contributed by atoms with van der Waals surface area (Å²) in [5.74, 6) is 0. The molecule has 0 aliphatic carbocycles. The Bertz CT molecular complexity index is 1090. The fraction of sp³-hybridized carbons (Fsp3) is 0.409. The van der Waals surface area contributed by atoms with E-state index in [1.165, 1.54) is 6.42 Å². The topological polar surface area (TPSA) is 74.3 Å². The van der Waals surface area contributed by atoms with Crippen molar-refractivity contribution in [3.63, 3.8) is 0 Å². The lowest BCUT2D eigenvalue weighted by molar-refractivity contribution is 0.187. The maximum atomic E-state index is 12.6. The lowest BCUT2D eigenvalue weighted by Crippen LogP contribution is -2.36. The van der Waals surface area contributed by atoms with Gasteiger partial charge in [-0.3, -0.25) is 14.8 Å². The number of fused-ring (bicyclic) bond motifs is 2. The second-order valence-corrected chi connectivity index (χ2v) is 7.91. The molecule has 2 aliphatic heterocycles. The Labute approximate surface area is 169 Å². The van der Waals surface area contributed by atoms with Crippen molar-refractivity contribution in [1.29, 1.82) is 0 Å². The van der Waals surface area contributed by atoms with Crippen LogP contribution in [-0.2, 0) is 13.0 Å². The number of nitrogens with zero attached hydrogens (tertiary/aromatic N) is 4. The number of aromatic nitrogens is 3. The summed E-state index contributed by atoms with van der Waals surface area (Å²) in [6, 6.07) is 10.9. The molecular formula is C22H25N5O2. The molecule has 0 bridgehead atoms. The minimum atomic E-state index is -0.0829. The second-order valence-electron chi connectivity index (χ2n) is 7.91.